The molecule has 8 heteroatoms. The van der Waals surface area contributed by atoms with E-state index in [0.717, 1.165) is 19.5 Å². The van der Waals surface area contributed by atoms with E-state index >= 15 is 0 Å². The summed E-state index contributed by atoms with van der Waals surface area (Å²) in [6, 6.07) is 11.5. The molecule has 1 atom stereocenters. The fourth-order valence-corrected chi connectivity index (χ4v) is 4.86. The highest BCUT2D eigenvalue weighted by atomic mass is 16.6. The topological polar surface area (TPSA) is 92.6 Å². The van der Waals surface area contributed by atoms with E-state index in [2.05, 4.69) is 27.7 Å². The Bertz CT molecular complexity index is 1190. The molecule has 2 aromatic carbocycles. The minimum atomic E-state index is -0.792. The average molecular weight is 523 g/mol. The highest BCUT2D eigenvalue weighted by molar-refractivity contribution is 6.46. The standard InChI is InChI=1S/C30H38N2O6/c1-5-31(6-2)13-14-32-27(21-8-7-9-23(18-21)36-15-12-20(3)4)26(29(34)30(32)35)28(33)22-10-11-24-25(19-22)38-17-16-37-24/h7-11,18-20,27,33H,5-6,12-17H2,1-4H3. The van der Waals surface area contributed by atoms with E-state index < -0.39 is 23.5 Å². The Labute approximate surface area is 224 Å². The number of likely N-dealkylation sites (N-methyl/N-ethyl adjacent to an activating group) is 1. The van der Waals surface area contributed by atoms with Gasteiger partial charge in [-0.25, -0.2) is 0 Å². The first-order valence-electron chi connectivity index (χ1n) is 13.6. The van der Waals surface area contributed by atoms with Gasteiger partial charge in [-0.1, -0.05) is 37.8 Å². The van der Waals surface area contributed by atoms with Crippen LogP contribution in [0.15, 0.2) is 48.0 Å². The molecule has 1 amide bonds. The maximum absolute atomic E-state index is 13.8. The number of quaternary nitrogens is 1. The zero-order chi connectivity index (χ0) is 27.2. The van der Waals surface area contributed by atoms with Crippen LogP contribution < -0.4 is 24.2 Å². The number of fused-ring (bicyclic) bond motifs is 1. The molecular formula is C30H38N2O6. The van der Waals surface area contributed by atoms with Crippen LogP contribution >= 0.6 is 0 Å². The second-order valence-corrected chi connectivity index (χ2v) is 10.1. The van der Waals surface area contributed by atoms with Crippen molar-refractivity contribution in [3.63, 3.8) is 0 Å². The molecule has 1 unspecified atom stereocenters. The molecule has 2 aromatic rings. The number of hydrogen-bond acceptors (Lipinski definition) is 6. The van der Waals surface area contributed by atoms with Gasteiger partial charge < -0.3 is 29.1 Å². The quantitative estimate of drug-likeness (QED) is 0.276. The maximum atomic E-state index is 13.8. The van der Waals surface area contributed by atoms with E-state index in [1.807, 2.05) is 24.3 Å². The number of ether oxygens (including phenoxy) is 3. The summed E-state index contributed by atoms with van der Waals surface area (Å²) >= 11 is 0. The number of carbonyl (C=O) groups excluding carboxylic acids is 2. The molecule has 2 aliphatic heterocycles. The molecule has 2 aliphatic rings. The smallest absolute Gasteiger partial charge is 0.295 e. The third-order valence-electron chi connectivity index (χ3n) is 7.18. The van der Waals surface area contributed by atoms with Gasteiger partial charge in [0.05, 0.1) is 38.8 Å². The Balaban J connectivity index is 1.75. The van der Waals surface area contributed by atoms with Crippen LogP contribution in [0.3, 0.4) is 0 Å². The molecule has 2 heterocycles. The van der Waals surface area contributed by atoms with Crippen molar-refractivity contribution in [2.24, 2.45) is 5.92 Å². The van der Waals surface area contributed by atoms with Crippen LogP contribution in [0.25, 0.3) is 5.76 Å². The molecule has 8 nitrogen and oxygen atoms in total. The second kappa shape index (κ2) is 12.3. The summed E-state index contributed by atoms with van der Waals surface area (Å²) < 4.78 is 17.2. The number of ketones is 1. The number of amides is 1. The first-order valence-corrected chi connectivity index (χ1v) is 13.6. The van der Waals surface area contributed by atoms with E-state index in [4.69, 9.17) is 14.2 Å². The number of hydrogen-bond donors (Lipinski definition) is 1. The van der Waals surface area contributed by atoms with Crippen molar-refractivity contribution in [1.29, 1.82) is 0 Å². The lowest BCUT2D eigenvalue weighted by molar-refractivity contribution is -0.895. The third-order valence-corrected chi connectivity index (χ3v) is 7.18. The molecule has 0 bridgehead atoms. The monoisotopic (exact) mass is 522 g/mol. The molecule has 0 spiro atoms. The summed E-state index contributed by atoms with van der Waals surface area (Å²) in [7, 11) is 0. The Morgan fingerprint density at radius 3 is 2.53 bits per heavy atom. The predicted octanol–water partition coefficient (Wildman–Crippen LogP) is 2.03. The van der Waals surface area contributed by atoms with Crippen molar-refractivity contribution in [3.8, 4) is 17.2 Å². The summed E-state index contributed by atoms with van der Waals surface area (Å²) in [5, 5.41) is 13.8. The number of likely N-dealkylation sites (tertiary alicyclic amines) is 1. The number of Topliss-reactive ketones (excluding diaryl/α,β-unsaturated/α-hetero) is 1. The van der Waals surface area contributed by atoms with E-state index in [1.165, 1.54) is 4.90 Å². The average Bonchev–Trinajstić information content (AvgIpc) is 3.18. The zero-order valence-corrected chi connectivity index (χ0v) is 22.7. The Hall–Kier alpha value is -3.52. The lowest BCUT2D eigenvalue weighted by atomic mass is 9.95. The van der Waals surface area contributed by atoms with E-state index in [1.54, 1.807) is 23.1 Å². The van der Waals surface area contributed by atoms with Gasteiger partial charge in [0, 0.05) is 5.57 Å². The zero-order valence-electron chi connectivity index (χ0n) is 22.7. The van der Waals surface area contributed by atoms with Gasteiger partial charge in [-0.05, 0) is 61.6 Å². The van der Waals surface area contributed by atoms with Crippen molar-refractivity contribution in [2.75, 3.05) is 46.0 Å². The van der Waals surface area contributed by atoms with Crippen molar-refractivity contribution in [2.45, 2.75) is 40.2 Å². The number of carbonyl (C=O) groups is 2. The van der Waals surface area contributed by atoms with Gasteiger partial charge in [-0.3, -0.25) is 9.59 Å². The normalized spacial score (nSPS) is 18.5. The van der Waals surface area contributed by atoms with Crippen LogP contribution in [0.5, 0.6) is 17.2 Å². The van der Waals surface area contributed by atoms with E-state index in [-0.39, 0.29) is 11.1 Å². The molecule has 1 saturated heterocycles. The van der Waals surface area contributed by atoms with Crippen LogP contribution in [-0.2, 0) is 9.59 Å². The lowest BCUT2D eigenvalue weighted by Gasteiger charge is -2.29. The largest absolute Gasteiger partial charge is 0.872 e. The minimum absolute atomic E-state index is 0.0412. The van der Waals surface area contributed by atoms with Gasteiger partial charge in [0.1, 0.15) is 19.0 Å². The highest BCUT2D eigenvalue weighted by Gasteiger charge is 2.44. The first kappa shape index (κ1) is 27.5. The minimum Gasteiger partial charge on any atom is -0.872 e. The summed E-state index contributed by atoms with van der Waals surface area (Å²) in [6.45, 7) is 12.7. The molecule has 0 aromatic heterocycles. The molecule has 0 radical (unpaired) electrons. The van der Waals surface area contributed by atoms with Crippen molar-refractivity contribution >= 4 is 17.4 Å². The fourth-order valence-electron chi connectivity index (χ4n) is 4.86. The van der Waals surface area contributed by atoms with Crippen LogP contribution in [-0.4, -0.2) is 62.6 Å². The molecule has 1 N–H and O–H groups in total. The van der Waals surface area contributed by atoms with Gasteiger partial charge >= 0.3 is 0 Å². The molecule has 0 aliphatic carbocycles. The van der Waals surface area contributed by atoms with Crippen LogP contribution in [0, 0.1) is 5.92 Å². The summed E-state index contributed by atoms with van der Waals surface area (Å²) in [4.78, 5) is 29.5. The number of benzene rings is 2. The first-order chi connectivity index (χ1) is 18.3. The SMILES string of the molecule is CC[NH+](CC)CCN1C(=O)C(=O)C(=C([O-])c2ccc3c(c2)OCCO3)C1c1cccc(OCCC(C)C)c1. The van der Waals surface area contributed by atoms with Crippen molar-refractivity contribution in [1.82, 2.24) is 4.90 Å². The summed E-state index contributed by atoms with van der Waals surface area (Å²) in [5.41, 5.74) is 0.929. The van der Waals surface area contributed by atoms with Crippen molar-refractivity contribution in [3.05, 3.63) is 59.2 Å². The summed E-state index contributed by atoms with van der Waals surface area (Å²) in [5.74, 6) is 0.287. The van der Waals surface area contributed by atoms with E-state index in [9.17, 15) is 14.7 Å². The maximum Gasteiger partial charge on any atom is 0.295 e. The van der Waals surface area contributed by atoms with Gasteiger partial charge in [-0.15, -0.1) is 0 Å². The number of rotatable bonds is 11. The van der Waals surface area contributed by atoms with Gasteiger partial charge in [-0.2, -0.15) is 0 Å². The molecule has 204 valence electrons. The summed E-state index contributed by atoms with van der Waals surface area (Å²) in [6.07, 6.45) is 0.906. The van der Waals surface area contributed by atoms with Crippen LogP contribution in [0.4, 0.5) is 0 Å². The lowest BCUT2D eigenvalue weighted by Crippen LogP contribution is -3.12. The molecule has 4 rings (SSSR count). The van der Waals surface area contributed by atoms with Gasteiger partial charge in [0.25, 0.3) is 5.91 Å². The van der Waals surface area contributed by atoms with Crippen LogP contribution in [0.2, 0.25) is 0 Å². The van der Waals surface area contributed by atoms with Crippen LogP contribution in [0.1, 0.15) is 51.3 Å². The van der Waals surface area contributed by atoms with Crippen molar-refractivity contribution < 1.29 is 33.8 Å². The van der Waals surface area contributed by atoms with E-state index in [0.29, 0.717) is 61.6 Å². The molecular weight excluding hydrogens is 484 g/mol. The predicted molar refractivity (Wildman–Crippen MR) is 142 cm³/mol. The number of nitrogens with one attached hydrogen (secondary N) is 1. The van der Waals surface area contributed by atoms with Gasteiger partial charge in [0.2, 0.25) is 5.78 Å². The highest BCUT2D eigenvalue weighted by Crippen LogP contribution is 2.40. The number of nitrogens with zero attached hydrogens (tertiary/aromatic N) is 1. The fraction of sp³-hybridized carbons (Fsp3) is 0.467. The Kier molecular flexibility index (Phi) is 8.94. The van der Waals surface area contributed by atoms with Gasteiger partial charge in [0.15, 0.2) is 11.5 Å². The second-order valence-electron chi connectivity index (χ2n) is 10.1. The molecule has 1 fully saturated rings. The Morgan fingerprint density at radius 1 is 1.08 bits per heavy atom. The molecule has 38 heavy (non-hydrogen) atoms. The molecule has 0 saturated carbocycles. The third kappa shape index (κ3) is 5.96. The Morgan fingerprint density at radius 2 is 1.82 bits per heavy atom.